The van der Waals surface area contributed by atoms with Crippen LogP contribution in [0, 0.1) is 16.0 Å². The molecule has 2 aromatic rings. The van der Waals surface area contributed by atoms with Crippen LogP contribution in [0.2, 0.25) is 0 Å². The van der Waals surface area contributed by atoms with E-state index < -0.39 is 17.2 Å². The van der Waals surface area contributed by atoms with Gasteiger partial charge in [0.15, 0.2) is 0 Å². The molecule has 0 bridgehead atoms. The van der Waals surface area contributed by atoms with E-state index in [1.54, 1.807) is 7.05 Å². The molecule has 1 N–H and O–H groups in total. The molecule has 9 nitrogen and oxygen atoms in total. The molecule has 2 amide bonds. The first-order chi connectivity index (χ1) is 15.9. The number of likely N-dealkylation sites (N-methyl/N-ethyl adjacent to an activating group) is 1. The van der Waals surface area contributed by atoms with Crippen LogP contribution < -0.4 is 15.0 Å². The van der Waals surface area contributed by atoms with Gasteiger partial charge in [0.1, 0.15) is 5.75 Å². The van der Waals surface area contributed by atoms with Gasteiger partial charge in [0.05, 0.1) is 16.3 Å². The number of nitrogens with zero attached hydrogens (tertiary/aromatic N) is 3. The summed E-state index contributed by atoms with van der Waals surface area (Å²) in [7, 11) is 1.67. The molecular formula is C24H26N4O5. The van der Waals surface area contributed by atoms with Gasteiger partial charge in [-0.2, -0.15) is 0 Å². The van der Waals surface area contributed by atoms with Gasteiger partial charge in [-0.3, -0.25) is 25.2 Å². The van der Waals surface area contributed by atoms with E-state index in [9.17, 15) is 19.7 Å². The number of non-ortho nitro benzene ring substituents is 1. The van der Waals surface area contributed by atoms with Crippen molar-refractivity contribution in [2.24, 2.45) is 10.9 Å². The quantitative estimate of drug-likeness (QED) is 0.420. The standard InChI is InChI=1S/C24H26N4O5/c1-27-20-11-7-6-10-19(20)21(16-8-4-2-3-5-9-16)25-22(23(27)29)26-24(30)33-18-14-12-17(13-15-18)28(31)32/h6-7,10-16,22H,2-5,8-9H2,1H3,(H,26,30)/t22-/m1/s1. The van der Waals surface area contributed by atoms with Crippen LogP contribution in [0.25, 0.3) is 0 Å². The number of rotatable bonds is 4. The Morgan fingerprint density at radius 1 is 1.09 bits per heavy atom. The maximum Gasteiger partial charge on any atom is 0.414 e. The number of anilines is 1. The van der Waals surface area contributed by atoms with Crippen LogP contribution in [0.4, 0.5) is 16.2 Å². The highest BCUT2D eigenvalue weighted by atomic mass is 16.6. The number of hydrogen-bond donors (Lipinski definition) is 1. The Morgan fingerprint density at radius 2 is 1.76 bits per heavy atom. The van der Waals surface area contributed by atoms with Gasteiger partial charge in [0, 0.05) is 30.7 Å². The zero-order valence-corrected chi connectivity index (χ0v) is 18.4. The molecule has 1 aliphatic carbocycles. The molecule has 33 heavy (non-hydrogen) atoms. The second-order valence-corrected chi connectivity index (χ2v) is 8.30. The number of nitro groups is 1. The Labute approximate surface area is 191 Å². The number of amides is 2. The smallest absolute Gasteiger partial charge is 0.410 e. The highest BCUT2D eigenvalue weighted by Crippen LogP contribution is 2.32. The monoisotopic (exact) mass is 450 g/mol. The average Bonchev–Trinajstić information content (AvgIpc) is 3.14. The van der Waals surface area contributed by atoms with Crippen molar-refractivity contribution in [1.82, 2.24) is 5.32 Å². The minimum absolute atomic E-state index is 0.112. The molecule has 4 rings (SSSR count). The zero-order valence-electron chi connectivity index (χ0n) is 18.4. The van der Waals surface area contributed by atoms with Crippen LogP contribution >= 0.6 is 0 Å². The van der Waals surface area contributed by atoms with Gasteiger partial charge < -0.3 is 9.64 Å². The number of carbonyl (C=O) groups excluding carboxylic acids is 2. The summed E-state index contributed by atoms with van der Waals surface area (Å²) >= 11 is 0. The van der Waals surface area contributed by atoms with Crippen molar-refractivity contribution in [3.8, 4) is 5.75 Å². The second kappa shape index (κ2) is 9.81. The summed E-state index contributed by atoms with van der Waals surface area (Å²) in [6.07, 6.45) is 4.58. The summed E-state index contributed by atoms with van der Waals surface area (Å²) in [6.45, 7) is 0. The van der Waals surface area contributed by atoms with Crippen molar-refractivity contribution >= 4 is 29.1 Å². The summed E-state index contributed by atoms with van der Waals surface area (Å²) in [5, 5.41) is 13.4. The summed E-state index contributed by atoms with van der Waals surface area (Å²) < 4.78 is 5.24. The molecule has 1 saturated carbocycles. The summed E-state index contributed by atoms with van der Waals surface area (Å²) in [5.74, 6) is -0.0292. The number of carbonyl (C=O) groups is 2. The SMILES string of the molecule is CN1C(=O)[C@@H](NC(=O)Oc2ccc([N+](=O)[O-])cc2)N=C(C2CCCCCC2)c2ccccc21. The molecule has 2 aromatic carbocycles. The van der Waals surface area contributed by atoms with Crippen molar-refractivity contribution < 1.29 is 19.2 Å². The first kappa shape index (κ1) is 22.4. The van der Waals surface area contributed by atoms with E-state index in [0.717, 1.165) is 42.6 Å². The Balaban J connectivity index is 1.59. The van der Waals surface area contributed by atoms with Gasteiger partial charge >= 0.3 is 6.09 Å². The van der Waals surface area contributed by atoms with Gasteiger partial charge in [-0.25, -0.2) is 4.79 Å². The van der Waals surface area contributed by atoms with Gasteiger partial charge in [-0.15, -0.1) is 0 Å². The van der Waals surface area contributed by atoms with Crippen LogP contribution in [-0.4, -0.2) is 35.8 Å². The van der Waals surface area contributed by atoms with E-state index in [-0.39, 0.29) is 23.3 Å². The molecule has 0 aromatic heterocycles. The molecule has 1 heterocycles. The number of aliphatic imine (C=N–C) groups is 1. The third-order valence-electron chi connectivity index (χ3n) is 6.13. The van der Waals surface area contributed by atoms with Crippen LogP contribution in [0.5, 0.6) is 5.75 Å². The van der Waals surface area contributed by atoms with Gasteiger partial charge in [0.2, 0.25) is 6.17 Å². The van der Waals surface area contributed by atoms with E-state index >= 15 is 0 Å². The second-order valence-electron chi connectivity index (χ2n) is 8.30. The lowest BCUT2D eigenvalue weighted by Crippen LogP contribution is -2.47. The number of benzodiazepines with no additional fused rings is 1. The van der Waals surface area contributed by atoms with Crippen LogP contribution in [0.15, 0.2) is 53.5 Å². The van der Waals surface area contributed by atoms with Crippen molar-refractivity contribution in [2.75, 3.05) is 11.9 Å². The fourth-order valence-electron chi connectivity index (χ4n) is 4.40. The molecule has 0 saturated heterocycles. The zero-order chi connectivity index (χ0) is 23.4. The Morgan fingerprint density at radius 3 is 2.42 bits per heavy atom. The maximum absolute atomic E-state index is 13.2. The van der Waals surface area contributed by atoms with Gasteiger partial charge in [0.25, 0.3) is 11.6 Å². The fraction of sp³-hybridized carbons (Fsp3) is 0.375. The number of hydrogen-bond acceptors (Lipinski definition) is 6. The Bertz CT molecular complexity index is 1070. The maximum atomic E-state index is 13.2. The van der Waals surface area contributed by atoms with Crippen molar-refractivity contribution in [2.45, 2.75) is 44.7 Å². The Kier molecular flexibility index (Phi) is 6.67. The van der Waals surface area contributed by atoms with Crippen molar-refractivity contribution in [3.63, 3.8) is 0 Å². The lowest BCUT2D eigenvalue weighted by Gasteiger charge is -2.21. The van der Waals surface area contributed by atoms with E-state index in [4.69, 9.17) is 9.73 Å². The summed E-state index contributed by atoms with van der Waals surface area (Å²) in [6, 6.07) is 12.8. The van der Waals surface area contributed by atoms with Crippen LogP contribution in [-0.2, 0) is 4.79 Å². The molecule has 0 spiro atoms. The first-order valence-corrected chi connectivity index (χ1v) is 11.1. The highest BCUT2D eigenvalue weighted by Gasteiger charge is 2.33. The fourth-order valence-corrected chi connectivity index (χ4v) is 4.40. The number of benzene rings is 2. The highest BCUT2D eigenvalue weighted by molar-refractivity contribution is 6.13. The molecular weight excluding hydrogens is 424 g/mol. The van der Waals surface area contributed by atoms with Gasteiger partial charge in [-0.05, 0) is 31.0 Å². The average molecular weight is 450 g/mol. The number of nitrogens with one attached hydrogen (secondary N) is 1. The molecule has 1 aliphatic heterocycles. The molecule has 1 fully saturated rings. The molecule has 9 heteroatoms. The minimum Gasteiger partial charge on any atom is -0.410 e. The third-order valence-corrected chi connectivity index (χ3v) is 6.13. The first-order valence-electron chi connectivity index (χ1n) is 11.1. The Hall–Kier alpha value is -3.75. The third kappa shape index (κ3) is 5.02. The number of fused-ring (bicyclic) bond motifs is 1. The van der Waals surface area contributed by atoms with Gasteiger partial charge in [-0.1, -0.05) is 43.9 Å². The number of ether oxygens (including phenoxy) is 1. The largest absolute Gasteiger partial charge is 0.414 e. The van der Waals surface area contributed by atoms with E-state index in [2.05, 4.69) is 5.32 Å². The van der Waals surface area contributed by atoms with E-state index in [1.807, 2.05) is 24.3 Å². The normalized spacial score (nSPS) is 19.1. The summed E-state index contributed by atoms with van der Waals surface area (Å²) in [4.78, 5) is 42.3. The molecule has 0 radical (unpaired) electrons. The minimum atomic E-state index is -1.13. The van der Waals surface area contributed by atoms with Crippen molar-refractivity contribution in [1.29, 1.82) is 0 Å². The predicted molar refractivity (Wildman–Crippen MR) is 124 cm³/mol. The number of para-hydroxylation sites is 1. The molecule has 1 atom stereocenters. The van der Waals surface area contributed by atoms with E-state index in [0.29, 0.717) is 0 Å². The lowest BCUT2D eigenvalue weighted by molar-refractivity contribution is -0.384. The topological polar surface area (TPSA) is 114 Å². The molecule has 172 valence electrons. The molecule has 2 aliphatic rings. The number of nitro benzene ring substituents is 1. The predicted octanol–water partition coefficient (Wildman–Crippen LogP) is 4.45. The lowest BCUT2D eigenvalue weighted by atomic mass is 9.89. The van der Waals surface area contributed by atoms with Crippen LogP contribution in [0.3, 0.4) is 0 Å². The molecule has 0 unspecified atom stereocenters. The van der Waals surface area contributed by atoms with Crippen LogP contribution in [0.1, 0.15) is 44.1 Å². The van der Waals surface area contributed by atoms with Crippen molar-refractivity contribution in [3.05, 3.63) is 64.2 Å². The van der Waals surface area contributed by atoms with E-state index in [1.165, 1.54) is 42.0 Å². The summed E-state index contributed by atoms with van der Waals surface area (Å²) in [5.41, 5.74) is 2.40.